The van der Waals surface area contributed by atoms with Crippen molar-refractivity contribution in [3.8, 4) is 0 Å². The van der Waals surface area contributed by atoms with Crippen LogP contribution in [0.2, 0.25) is 5.02 Å². The maximum atomic E-state index is 13.1. The van der Waals surface area contributed by atoms with Gasteiger partial charge in [-0.05, 0) is 47.5 Å². The molecule has 0 fully saturated rings. The van der Waals surface area contributed by atoms with Gasteiger partial charge in [-0.1, -0.05) is 48.0 Å². The monoisotopic (exact) mass is 392 g/mol. The lowest BCUT2D eigenvalue weighted by molar-refractivity contribution is 0.627. The number of rotatable bonds is 6. The zero-order valence-corrected chi connectivity index (χ0v) is 15.7. The van der Waals surface area contributed by atoms with Gasteiger partial charge in [0.2, 0.25) is 5.95 Å². The van der Waals surface area contributed by atoms with Gasteiger partial charge in [-0.3, -0.25) is 0 Å². The molecule has 3 aromatic carbocycles. The largest absolute Gasteiger partial charge is 0.365 e. The topological polar surface area (TPSA) is 49.8 Å². The van der Waals surface area contributed by atoms with Gasteiger partial charge in [-0.25, -0.2) is 9.37 Å². The molecule has 0 aliphatic rings. The number of hydrogen-bond donors (Lipinski definition) is 2. The number of nitrogens with zero attached hydrogens (tertiary/aromatic N) is 2. The zero-order valence-electron chi connectivity index (χ0n) is 15.0. The van der Waals surface area contributed by atoms with Crippen molar-refractivity contribution in [1.29, 1.82) is 0 Å². The standard InChI is InChI=1S/C22H18ClFN4/c23-17-9-5-15(6-10-17)14-26-22-27-20-4-2-1-3-19(20)21(28-22)25-13-16-7-11-18(24)12-8-16/h1-12H,13-14H2,(H2,25,26,27,28). The molecule has 4 rings (SSSR count). The maximum Gasteiger partial charge on any atom is 0.225 e. The highest BCUT2D eigenvalue weighted by Gasteiger charge is 2.08. The van der Waals surface area contributed by atoms with E-state index in [9.17, 15) is 4.39 Å². The van der Waals surface area contributed by atoms with Gasteiger partial charge in [-0.15, -0.1) is 0 Å². The molecule has 0 aliphatic heterocycles. The molecule has 6 heteroatoms. The van der Waals surface area contributed by atoms with Gasteiger partial charge in [0.1, 0.15) is 11.6 Å². The Kier molecular flexibility index (Phi) is 5.35. The van der Waals surface area contributed by atoms with Gasteiger partial charge in [0.25, 0.3) is 0 Å². The first-order valence-corrected chi connectivity index (χ1v) is 9.28. The molecule has 0 spiro atoms. The summed E-state index contributed by atoms with van der Waals surface area (Å²) in [6, 6.07) is 21.9. The summed E-state index contributed by atoms with van der Waals surface area (Å²) in [6.45, 7) is 1.13. The van der Waals surface area contributed by atoms with E-state index in [0.717, 1.165) is 27.8 Å². The first kappa shape index (κ1) is 18.2. The van der Waals surface area contributed by atoms with Crippen molar-refractivity contribution in [3.63, 3.8) is 0 Å². The van der Waals surface area contributed by atoms with E-state index in [0.29, 0.717) is 24.1 Å². The average molecular weight is 393 g/mol. The van der Waals surface area contributed by atoms with Crippen molar-refractivity contribution >= 4 is 34.3 Å². The van der Waals surface area contributed by atoms with E-state index in [1.54, 1.807) is 12.1 Å². The first-order valence-electron chi connectivity index (χ1n) is 8.91. The van der Waals surface area contributed by atoms with Crippen molar-refractivity contribution < 1.29 is 4.39 Å². The fourth-order valence-electron chi connectivity index (χ4n) is 2.86. The number of halogens is 2. The molecule has 0 radical (unpaired) electrons. The number of aromatic nitrogens is 2. The number of nitrogens with one attached hydrogen (secondary N) is 2. The molecule has 0 amide bonds. The van der Waals surface area contributed by atoms with Gasteiger partial charge < -0.3 is 10.6 Å². The van der Waals surface area contributed by atoms with Crippen LogP contribution in [0.1, 0.15) is 11.1 Å². The van der Waals surface area contributed by atoms with E-state index in [1.165, 1.54) is 12.1 Å². The van der Waals surface area contributed by atoms with E-state index in [-0.39, 0.29) is 5.82 Å². The fraction of sp³-hybridized carbons (Fsp3) is 0.0909. The molecule has 4 aromatic rings. The lowest BCUT2D eigenvalue weighted by Crippen LogP contribution is -2.08. The molecule has 0 saturated heterocycles. The number of hydrogen-bond acceptors (Lipinski definition) is 4. The Morgan fingerprint density at radius 2 is 1.39 bits per heavy atom. The van der Waals surface area contributed by atoms with Gasteiger partial charge in [0.15, 0.2) is 0 Å². The van der Waals surface area contributed by atoms with Crippen LogP contribution in [0, 0.1) is 5.82 Å². The fourth-order valence-corrected chi connectivity index (χ4v) is 2.99. The van der Waals surface area contributed by atoms with Crippen LogP contribution >= 0.6 is 11.6 Å². The van der Waals surface area contributed by atoms with Crippen LogP contribution in [-0.2, 0) is 13.1 Å². The first-order chi connectivity index (χ1) is 13.7. The van der Waals surface area contributed by atoms with E-state index >= 15 is 0 Å². The summed E-state index contributed by atoms with van der Waals surface area (Å²) >= 11 is 5.93. The average Bonchev–Trinajstić information content (AvgIpc) is 2.73. The Bertz CT molecular complexity index is 1080. The second kappa shape index (κ2) is 8.23. The molecule has 1 heterocycles. The van der Waals surface area contributed by atoms with Crippen LogP contribution in [0.4, 0.5) is 16.2 Å². The number of para-hydroxylation sites is 1. The zero-order chi connectivity index (χ0) is 19.3. The molecule has 1 aromatic heterocycles. The summed E-state index contributed by atoms with van der Waals surface area (Å²) in [5.74, 6) is 1.02. The summed E-state index contributed by atoms with van der Waals surface area (Å²) in [5, 5.41) is 8.24. The Labute approximate surface area is 167 Å². The summed E-state index contributed by atoms with van der Waals surface area (Å²) in [7, 11) is 0. The van der Waals surface area contributed by atoms with Crippen molar-refractivity contribution in [2.45, 2.75) is 13.1 Å². The highest BCUT2D eigenvalue weighted by Crippen LogP contribution is 2.23. The predicted molar refractivity (Wildman–Crippen MR) is 112 cm³/mol. The molecular weight excluding hydrogens is 375 g/mol. The van der Waals surface area contributed by atoms with Crippen LogP contribution in [0.5, 0.6) is 0 Å². The summed E-state index contributed by atoms with van der Waals surface area (Å²) in [6.07, 6.45) is 0. The van der Waals surface area contributed by atoms with Crippen LogP contribution in [0.15, 0.2) is 72.8 Å². The maximum absolute atomic E-state index is 13.1. The Morgan fingerprint density at radius 3 is 2.14 bits per heavy atom. The van der Waals surface area contributed by atoms with Crippen LogP contribution in [0.3, 0.4) is 0 Å². The van der Waals surface area contributed by atoms with Gasteiger partial charge in [-0.2, -0.15) is 4.98 Å². The minimum atomic E-state index is -0.245. The second-order valence-electron chi connectivity index (χ2n) is 6.37. The Hall–Kier alpha value is -3.18. The minimum absolute atomic E-state index is 0.245. The number of anilines is 2. The van der Waals surface area contributed by atoms with Crippen LogP contribution in [-0.4, -0.2) is 9.97 Å². The SMILES string of the molecule is Fc1ccc(CNc2nc(NCc3ccc(Cl)cc3)nc3ccccc23)cc1. The highest BCUT2D eigenvalue weighted by molar-refractivity contribution is 6.30. The van der Waals surface area contributed by atoms with Gasteiger partial charge in [0.05, 0.1) is 5.52 Å². The molecule has 2 N–H and O–H groups in total. The van der Waals surface area contributed by atoms with Crippen molar-refractivity contribution in [3.05, 3.63) is 94.8 Å². The predicted octanol–water partition coefficient (Wildman–Crippen LogP) is 5.65. The molecule has 140 valence electrons. The number of fused-ring (bicyclic) bond motifs is 1. The van der Waals surface area contributed by atoms with Crippen molar-refractivity contribution in [1.82, 2.24) is 9.97 Å². The summed E-state index contributed by atoms with van der Waals surface area (Å²) in [5.41, 5.74) is 2.90. The smallest absolute Gasteiger partial charge is 0.225 e. The van der Waals surface area contributed by atoms with Crippen molar-refractivity contribution in [2.75, 3.05) is 10.6 Å². The Balaban J connectivity index is 1.55. The van der Waals surface area contributed by atoms with Crippen molar-refractivity contribution in [2.24, 2.45) is 0 Å². The van der Waals surface area contributed by atoms with E-state index in [2.05, 4.69) is 20.6 Å². The molecule has 0 saturated carbocycles. The minimum Gasteiger partial charge on any atom is -0.365 e. The normalized spacial score (nSPS) is 10.8. The van der Waals surface area contributed by atoms with E-state index in [1.807, 2.05) is 48.5 Å². The van der Waals surface area contributed by atoms with Crippen LogP contribution < -0.4 is 10.6 Å². The molecule has 0 aliphatic carbocycles. The Morgan fingerprint density at radius 1 is 0.750 bits per heavy atom. The summed E-state index contributed by atoms with van der Waals surface area (Å²) < 4.78 is 13.1. The molecule has 28 heavy (non-hydrogen) atoms. The third kappa shape index (κ3) is 4.38. The molecule has 0 bridgehead atoms. The van der Waals surface area contributed by atoms with E-state index < -0.39 is 0 Å². The third-order valence-electron chi connectivity index (χ3n) is 4.34. The summed E-state index contributed by atoms with van der Waals surface area (Å²) in [4.78, 5) is 9.23. The van der Waals surface area contributed by atoms with Gasteiger partial charge in [0, 0.05) is 23.5 Å². The van der Waals surface area contributed by atoms with Crippen LogP contribution in [0.25, 0.3) is 10.9 Å². The highest BCUT2D eigenvalue weighted by atomic mass is 35.5. The lowest BCUT2D eigenvalue weighted by atomic mass is 10.2. The van der Waals surface area contributed by atoms with E-state index in [4.69, 9.17) is 11.6 Å². The third-order valence-corrected chi connectivity index (χ3v) is 4.59. The molecule has 0 atom stereocenters. The molecular formula is C22H18ClFN4. The quantitative estimate of drug-likeness (QED) is 0.445. The second-order valence-corrected chi connectivity index (χ2v) is 6.81. The molecule has 4 nitrogen and oxygen atoms in total. The molecule has 0 unspecified atom stereocenters. The number of benzene rings is 3. The van der Waals surface area contributed by atoms with Gasteiger partial charge >= 0.3 is 0 Å². The lowest BCUT2D eigenvalue weighted by Gasteiger charge is -2.12.